The Labute approximate surface area is 347 Å². The molecule has 13 heteroatoms. The normalized spacial score (nSPS) is 25.9. The van der Waals surface area contributed by atoms with Crippen molar-refractivity contribution in [3.63, 3.8) is 0 Å². The van der Waals surface area contributed by atoms with Crippen molar-refractivity contribution in [2.24, 2.45) is 0 Å². The standard InChI is InChI=1S/C45H62N4O8S/c1-6-7-8-9-10-11-12-13-14-15-16-17-18-19-33(50)47-29-24-58-44-36-35(43-42(56-25-57-43)27(3)39(36)51)32(23-55-45(29)53)49-31(22-46)30-21-28-20-26(2)41(54-5)40(52)34(28)37(38(44)49)48(30)4/h20,29-32,37-38,44,51-52H,6-19,21,23-25H2,1-5H3,(H,47,50)/t29-,30-,31-,32-,37+,38?,44+/m0/s1. The summed E-state index contributed by atoms with van der Waals surface area (Å²) in [6, 6.07) is 1.27. The van der Waals surface area contributed by atoms with Crippen molar-refractivity contribution in [3.8, 4) is 34.8 Å². The van der Waals surface area contributed by atoms with Crippen molar-refractivity contribution >= 4 is 23.6 Å². The lowest BCUT2D eigenvalue weighted by atomic mass is 9.71. The quantitative estimate of drug-likeness (QED) is 0.111. The SMILES string of the molecule is CCCCCCCCCCCCCCCC(=O)N[C@H]1CS[C@@H]2c3c(O)c(C)c4c(c3[C@H](COC1=O)N1C2[C@H]2c3c(cc(C)c(OC)c3O)C[C@@H]([C@@H]1C#N)N2C)OCO4. The molecular formula is C45H62N4O8S. The second kappa shape index (κ2) is 18.6. The number of hydrogen-bond donors (Lipinski definition) is 3. The third-order valence-electron chi connectivity index (χ3n) is 13.3. The number of carbonyl (C=O) groups excluding carboxylic acids is 2. The fraction of sp³-hybridized carbons (Fsp3) is 0.667. The van der Waals surface area contributed by atoms with Gasteiger partial charge in [0.2, 0.25) is 12.7 Å². The Kier molecular flexibility index (Phi) is 13.6. The molecule has 6 aliphatic heterocycles. The van der Waals surface area contributed by atoms with Gasteiger partial charge in [0.05, 0.1) is 30.5 Å². The number of fused-ring (bicyclic) bond motifs is 10. The Morgan fingerprint density at radius 3 is 2.26 bits per heavy atom. The first-order valence-electron chi connectivity index (χ1n) is 21.6. The van der Waals surface area contributed by atoms with E-state index < -0.39 is 41.4 Å². The topological polar surface area (TPSA) is 154 Å². The first-order chi connectivity index (χ1) is 28.1. The fourth-order valence-electron chi connectivity index (χ4n) is 10.4. The summed E-state index contributed by atoms with van der Waals surface area (Å²) in [5.74, 6) is 0.912. The average molecular weight is 819 g/mol. The molecule has 4 bridgehead atoms. The van der Waals surface area contributed by atoms with Gasteiger partial charge in [-0.3, -0.25) is 14.6 Å². The number of hydrogen-bond acceptors (Lipinski definition) is 12. The minimum atomic E-state index is -0.913. The van der Waals surface area contributed by atoms with E-state index in [2.05, 4.69) is 34.2 Å². The molecule has 6 aliphatic rings. The molecule has 8 rings (SSSR count). The van der Waals surface area contributed by atoms with Crippen LogP contribution in [0.15, 0.2) is 6.07 Å². The monoisotopic (exact) mass is 818 g/mol. The van der Waals surface area contributed by atoms with Crippen LogP contribution in [0.5, 0.6) is 28.7 Å². The van der Waals surface area contributed by atoms with Crippen molar-refractivity contribution in [2.45, 2.75) is 159 Å². The lowest BCUT2D eigenvalue weighted by Crippen LogP contribution is -2.69. The number of phenolic OH excluding ortho intramolecular Hbond substituents is 2. The van der Waals surface area contributed by atoms with Gasteiger partial charge in [-0.2, -0.15) is 5.26 Å². The molecular weight excluding hydrogens is 757 g/mol. The van der Waals surface area contributed by atoms with E-state index in [1.165, 1.54) is 76.0 Å². The molecule has 2 aromatic rings. The summed E-state index contributed by atoms with van der Waals surface area (Å²) in [5, 5.41) is 37.5. The van der Waals surface area contributed by atoms with Gasteiger partial charge < -0.3 is 34.5 Å². The van der Waals surface area contributed by atoms with Crippen LogP contribution in [0.1, 0.15) is 148 Å². The molecule has 2 aromatic carbocycles. The maximum atomic E-state index is 13.9. The number of nitriles is 1. The molecule has 12 nitrogen and oxygen atoms in total. The summed E-state index contributed by atoms with van der Waals surface area (Å²) in [6.45, 7) is 5.79. The molecule has 0 saturated carbocycles. The number of aromatic hydroxyl groups is 2. The van der Waals surface area contributed by atoms with Crippen LogP contribution in [0.3, 0.4) is 0 Å². The van der Waals surface area contributed by atoms with Crippen LogP contribution in [0, 0.1) is 25.2 Å². The van der Waals surface area contributed by atoms with Crippen molar-refractivity contribution in [1.29, 1.82) is 5.26 Å². The number of phenols is 2. The number of methoxy groups -OCH3 is 1. The van der Waals surface area contributed by atoms with Gasteiger partial charge in [0.1, 0.15) is 24.4 Å². The van der Waals surface area contributed by atoms with E-state index in [4.69, 9.17) is 18.9 Å². The summed E-state index contributed by atoms with van der Waals surface area (Å²) in [5.41, 5.74) is 4.33. The number of nitrogens with zero attached hydrogens (tertiary/aromatic N) is 3. The summed E-state index contributed by atoms with van der Waals surface area (Å²) in [6.07, 6.45) is 16.7. The smallest absolute Gasteiger partial charge is 0.329 e. The Balaban J connectivity index is 1.12. The van der Waals surface area contributed by atoms with Crippen LogP contribution >= 0.6 is 11.8 Å². The number of amides is 1. The molecule has 6 heterocycles. The largest absolute Gasteiger partial charge is 0.507 e. The summed E-state index contributed by atoms with van der Waals surface area (Å²) in [7, 11) is 3.54. The number of nitrogens with one attached hydrogen (secondary N) is 1. The number of piperazine rings is 1. The predicted octanol–water partition coefficient (Wildman–Crippen LogP) is 7.98. The van der Waals surface area contributed by atoms with Crippen LogP contribution in [-0.4, -0.2) is 89.4 Å². The predicted molar refractivity (Wildman–Crippen MR) is 223 cm³/mol. The van der Waals surface area contributed by atoms with Gasteiger partial charge >= 0.3 is 5.97 Å². The van der Waals surface area contributed by atoms with Crippen molar-refractivity contribution in [2.75, 3.05) is 33.3 Å². The minimum Gasteiger partial charge on any atom is -0.507 e. The van der Waals surface area contributed by atoms with Crippen LogP contribution in [0.25, 0.3) is 0 Å². The number of rotatable bonds is 16. The Morgan fingerprint density at radius 2 is 1.60 bits per heavy atom. The van der Waals surface area contributed by atoms with E-state index in [0.29, 0.717) is 46.8 Å². The van der Waals surface area contributed by atoms with E-state index in [1.54, 1.807) is 14.0 Å². The zero-order valence-electron chi connectivity index (χ0n) is 34.9. The molecule has 0 radical (unpaired) electrons. The third kappa shape index (κ3) is 7.93. The molecule has 0 aliphatic carbocycles. The van der Waals surface area contributed by atoms with E-state index in [0.717, 1.165) is 36.0 Å². The molecule has 0 aromatic heterocycles. The van der Waals surface area contributed by atoms with E-state index in [-0.39, 0.29) is 42.6 Å². The Hall–Kier alpha value is -3.86. The summed E-state index contributed by atoms with van der Waals surface area (Å²) >= 11 is 1.45. The van der Waals surface area contributed by atoms with Gasteiger partial charge in [-0.25, -0.2) is 4.79 Å². The van der Waals surface area contributed by atoms with Crippen molar-refractivity contribution in [1.82, 2.24) is 15.1 Å². The molecule has 316 valence electrons. The van der Waals surface area contributed by atoms with E-state index >= 15 is 0 Å². The molecule has 7 atom stereocenters. The van der Waals surface area contributed by atoms with Crippen LogP contribution in [-0.2, 0) is 20.7 Å². The van der Waals surface area contributed by atoms with Gasteiger partial charge in [-0.15, -0.1) is 11.8 Å². The maximum Gasteiger partial charge on any atom is 0.329 e. The third-order valence-corrected chi connectivity index (χ3v) is 14.7. The summed E-state index contributed by atoms with van der Waals surface area (Å²) in [4.78, 5) is 31.6. The number of thioether (sulfide) groups is 1. The number of esters is 1. The number of ether oxygens (including phenoxy) is 4. The zero-order chi connectivity index (χ0) is 41.1. The zero-order valence-corrected chi connectivity index (χ0v) is 35.8. The molecule has 1 amide bonds. The highest BCUT2D eigenvalue weighted by atomic mass is 32.2. The van der Waals surface area contributed by atoms with Crippen LogP contribution in [0.4, 0.5) is 0 Å². The highest BCUT2D eigenvalue weighted by molar-refractivity contribution is 7.99. The molecule has 58 heavy (non-hydrogen) atoms. The molecule has 3 N–H and O–H groups in total. The molecule has 0 spiro atoms. The van der Waals surface area contributed by atoms with Crippen LogP contribution in [0.2, 0.25) is 0 Å². The molecule has 1 unspecified atom stereocenters. The Morgan fingerprint density at radius 1 is 0.948 bits per heavy atom. The number of unbranched alkanes of at least 4 members (excludes halogenated alkanes) is 12. The highest BCUT2D eigenvalue weighted by Gasteiger charge is 2.60. The maximum absolute atomic E-state index is 13.9. The number of benzene rings is 2. The van der Waals surface area contributed by atoms with Crippen molar-refractivity contribution in [3.05, 3.63) is 39.4 Å². The molecule has 2 saturated heterocycles. The lowest BCUT2D eigenvalue weighted by Gasteiger charge is -2.61. The van der Waals surface area contributed by atoms with Gasteiger partial charge in [-0.1, -0.05) is 90.0 Å². The second-order valence-corrected chi connectivity index (χ2v) is 18.1. The molecule has 2 fully saturated rings. The Bertz CT molecular complexity index is 1880. The van der Waals surface area contributed by atoms with Crippen molar-refractivity contribution < 1.29 is 38.7 Å². The van der Waals surface area contributed by atoms with Gasteiger partial charge in [0.25, 0.3) is 0 Å². The van der Waals surface area contributed by atoms with Gasteiger partial charge in [0, 0.05) is 46.5 Å². The van der Waals surface area contributed by atoms with Gasteiger partial charge in [0.15, 0.2) is 23.0 Å². The minimum absolute atomic E-state index is 0.0246. The summed E-state index contributed by atoms with van der Waals surface area (Å²) < 4.78 is 23.8. The van der Waals surface area contributed by atoms with Crippen LogP contribution < -0.4 is 19.5 Å². The first-order valence-corrected chi connectivity index (χ1v) is 22.7. The number of aryl methyl sites for hydroxylation is 1. The van der Waals surface area contributed by atoms with E-state index in [1.807, 2.05) is 14.0 Å². The number of carbonyl (C=O) groups is 2. The van der Waals surface area contributed by atoms with E-state index in [9.17, 15) is 25.1 Å². The average Bonchev–Trinajstić information content (AvgIpc) is 3.70. The second-order valence-electron chi connectivity index (χ2n) is 16.9. The highest BCUT2D eigenvalue weighted by Crippen LogP contribution is 2.63. The lowest BCUT2D eigenvalue weighted by molar-refractivity contribution is -0.152. The number of likely N-dealkylation sites (N-methyl/N-ethyl adjacent to an activating group) is 1. The first kappa shape index (κ1) is 42.3. The van der Waals surface area contributed by atoms with Gasteiger partial charge in [-0.05, 0) is 44.9 Å². The fourth-order valence-corrected chi connectivity index (χ4v) is 11.9.